The van der Waals surface area contributed by atoms with Gasteiger partial charge in [0.2, 0.25) is 5.91 Å². The number of nitrogens with zero attached hydrogens (tertiary/aromatic N) is 2. The van der Waals surface area contributed by atoms with Crippen LogP contribution in [0.5, 0.6) is 0 Å². The average Bonchev–Trinajstić information content (AvgIpc) is 3.23. The Hall–Kier alpha value is -1.04. The highest BCUT2D eigenvalue weighted by Gasteiger charge is 2.31. The van der Waals surface area contributed by atoms with Gasteiger partial charge in [-0.3, -0.25) is 4.79 Å². The van der Waals surface area contributed by atoms with Crippen molar-refractivity contribution in [2.45, 2.75) is 38.6 Å². The van der Waals surface area contributed by atoms with Gasteiger partial charge in [-0.1, -0.05) is 6.42 Å². The lowest BCUT2D eigenvalue weighted by atomic mass is 9.95. The van der Waals surface area contributed by atoms with Crippen molar-refractivity contribution in [3.8, 4) is 0 Å². The summed E-state index contributed by atoms with van der Waals surface area (Å²) in [6.07, 6.45) is 7.50. The van der Waals surface area contributed by atoms with Gasteiger partial charge in [0, 0.05) is 31.7 Å². The zero-order valence-electron chi connectivity index (χ0n) is 13.9. The third-order valence-electron chi connectivity index (χ3n) is 5.01. The Morgan fingerprint density at radius 3 is 2.71 bits per heavy atom. The fourth-order valence-electron chi connectivity index (χ4n) is 3.67. The average molecular weight is 375 g/mol. The van der Waals surface area contributed by atoms with Crippen molar-refractivity contribution in [3.63, 3.8) is 0 Å². The van der Waals surface area contributed by atoms with Gasteiger partial charge in [-0.05, 0) is 55.8 Å². The Kier molecular flexibility index (Phi) is 8.81. The molecule has 1 aliphatic carbocycles. The van der Waals surface area contributed by atoms with Crippen LogP contribution in [0.25, 0.3) is 0 Å². The first-order valence-electron chi connectivity index (χ1n) is 8.45. The van der Waals surface area contributed by atoms with Crippen molar-refractivity contribution >= 4 is 36.5 Å². The standard InChI is InChI=1S/C17H26N4O.2ClH/c18-11-14-4-3-5-15(14)17(22)20-12-13-6-7-19-16(10-13)21-8-1-2-9-21;;/h6-7,10,14-15H,1-5,8-9,11-12,18H2,(H,20,22);2*1H/t14-,15-;;/m1../s1. The second kappa shape index (κ2) is 10.1. The van der Waals surface area contributed by atoms with Crippen molar-refractivity contribution in [2.75, 3.05) is 24.5 Å². The zero-order valence-corrected chi connectivity index (χ0v) is 15.6. The molecule has 2 heterocycles. The lowest BCUT2D eigenvalue weighted by molar-refractivity contribution is -0.126. The van der Waals surface area contributed by atoms with Crippen molar-refractivity contribution < 1.29 is 4.79 Å². The molecule has 24 heavy (non-hydrogen) atoms. The van der Waals surface area contributed by atoms with Crippen molar-refractivity contribution in [2.24, 2.45) is 17.6 Å². The number of anilines is 1. The topological polar surface area (TPSA) is 71.2 Å². The van der Waals surface area contributed by atoms with Gasteiger partial charge in [-0.25, -0.2) is 4.98 Å². The molecule has 7 heteroatoms. The molecule has 3 rings (SSSR count). The summed E-state index contributed by atoms with van der Waals surface area (Å²) in [6.45, 7) is 3.37. The van der Waals surface area contributed by atoms with Gasteiger partial charge in [0.15, 0.2) is 0 Å². The number of rotatable bonds is 5. The minimum absolute atomic E-state index is 0. The molecule has 2 aliphatic rings. The first-order chi connectivity index (χ1) is 10.8. The lowest BCUT2D eigenvalue weighted by Gasteiger charge is -2.19. The fourth-order valence-corrected chi connectivity index (χ4v) is 3.67. The van der Waals surface area contributed by atoms with Gasteiger partial charge >= 0.3 is 0 Å². The van der Waals surface area contributed by atoms with Crippen LogP contribution in [-0.4, -0.2) is 30.5 Å². The monoisotopic (exact) mass is 374 g/mol. The molecule has 1 saturated carbocycles. The summed E-state index contributed by atoms with van der Waals surface area (Å²) in [5, 5.41) is 3.08. The number of hydrogen-bond donors (Lipinski definition) is 2. The number of halogens is 2. The number of aromatic nitrogens is 1. The molecule has 2 fully saturated rings. The number of hydrogen-bond acceptors (Lipinski definition) is 4. The number of pyridine rings is 1. The van der Waals surface area contributed by atoms with E-state index >= 15 is 0 Å². The molecule has 1 amide bonds. The summed E-state index contributed by atoms with van der Waals surface area (Å²) in [5.74, 6) is 1.65. The van der Waals surface area contributed by atoms with Gasteiger partial charge < -0.3 is 16.0 Å². The van der Waals surface area contributed by atoms with Gasteiger partial charge in [0.25, 0.3) is 0 Å². The van der Waals surface area contributed by atoms with Crippen LogP contribution in [0.4, 0.5) is 5.82 Å². The molecular formula is C17H28Cl2N4O. The summed E-state index contributed by atoms with van der Waals surface area (Å²) in [7, 11) is 0. The normalized spacial score (nSPS) is 22.6. The molecule has 0 unspecified atom stereocenters. The summed E-state index contributed by atoms with van der Waals surface area (Å²) in [5.41, 5.74) is 6.88. The first-order valence-corrected chi connectivity index (χ1v) is 8.45. The van der Waals surface area contributed by atoms with E-state index in [9.17, 15) is 4.79 Å². The smallest absolute Gasteiger partial charge is 0.223 e. The molecule has 1 aromatic rings. The van der Waals surface area contributed by atoms with Crippen LogP contribution in [0.3, 0.4) is 0 Å². The minimum Gasteiger partial charge on any atom is -0.357 e. The Morgan fingerprint density at radius 1 is 1.25 bits per heavy atom. The summed E-state index contributed by atoms with van der Waals surface area (Å²) in [6, 6.07) is 4.08. The van der Waals surface area contributed by atoms with E-state index in [2.05, 4.69) is 21.3 Å². The molecule has 1 aromatic heterocycles. The number of nitrogens with two attached hydrogens (primary N) is 1. The highest BCUT2D eigenvalue weighted by atomic mass is 35.5. The molecule has 1 aliphatic heterocycles. The number of nitrogens with one attached hydrogen (secondary N) is 1. The fraction of sp³-hybridized carbons (Fsp3) is 0.647. The van der Waals surface area contributed by atoms with Gasteiger partial charge in [-0.2, -0.15) is 0 Å². The summed E-state index contributed by atoms with van der Waals surface area (Å²) in [4.78, 5) is 19.1. The predicted octanol–water partition coefficient (Wildman–Crippen LogP) is 2.52. The van der Waals surface area contributed by atoms with E-state index in [0.717, 1.165) is 43.7 Å². The second-order valence-corrected chi connectivity index (χ2v) is 6.47. The van der Waals surface area contributed by atoms with Crippen LogP contribution < -0.4 is 16.0 Å². The first kappa shape index (κ1) is 21.0. The lowest BCUT2D eigenvalue weighted by Crippen LogP contribution is -2.34. The van der Waals surface area contributed by atoms with Crippen LogP contribution in [-0.2, 0) is 11.3 Å². The van der Waals surface area contributed by atoms with Gasteiger partial charge in [-0.15, -0.1) is 24.8 Å². The molecule has 0 bridgehead atoms. The minimum atomic E-state index is 0. The van der Waals surface area contributed by atoms with Gasteiger partial charge in [0.1, 0.15) is 5.82 Å². The third-order valence-corrected chi connectivity index (χ3v) is 5.01. The van der Waals surface area contributed by atoms with Crippen LogP contribution in [0.15, 0.2) is 18.3 Å². The van der Waals surface area contributed by atoms with E-state index in [0.29, 0.717) is 19.0 Å². The van der Waals surface area contributed by atoms with Crippen molar-refractivity contribution in [1.29, 1.82) is 0 Å². The van der Waals surface area contributed by atoms with E-state index in [1.807, 2.05) is 12.3 Å². The van der Waals surface area contributed by atoms with Crippen LogP contribution >= 0.6 is 24.8 Å². The Balaban J connectivity index is 0.00000144. The molecule has 0 spiro atoms. The van der Waals surface area contributed by atoms with E-state index in [4.69, 9.17) is 5.73 Å². The Morgan fingerprint density at radius 2 is 2.00 bits per heavy atom. The molecule has 0 radical (unpaired) electrons. The van der Waals surface area contributed by atoms with Crippen LogP contribution in [0, 0.1) is 11.8 Å². The van der Waals surface area contributed by atoms with Gasteiger partial charge in [0.05, 0.1) is 0 Å². The predicted molar refractivity (Wildman–Crippen MR) is 102 cm³/mol. The number of carbonyl (C=O) groups is 1. The Labute approximate surface area is 156 Å². The third kappa shape index (κ3) is 4.98. The van der Waals surface area contributed by atoms with Crippen LogP contribution in [0.2, 0.25) is 0 Å². The maximum atomic E-state index is 12.3. The molecule has 3 N–H and O–H groups in total. The van der Waals surface area contributed by atoms with E-state index in [1.165, 1.54) is 12.8 Å². The number of carbonyl (C=O) groups excluding carboxylic acids is 1. The van der Waals surface area contributed by atoms with E-state index in [-0.39, 0.29) is 36.6 Å². The summed E-state index contributed by atoms with van der Waals surface area (Å²) < 4.78 is 0. The molecule has 0 aromatic carbocycles. The van der Waals surface area contributed by atoms with Crippen LogP contribution in [0.1, 0.15) is 37.7 Å². The molecule has 5 nitrogen and oxygen atoms in total. The Bertz CT molecular complexity index is 523. The molecule has 1 saturated heterocycles. The highest BCUT2D eigenvalue weighted by molar-refractivity contribution is 5.85. The largest absolute Gasteiger partial charge is 0.357 e. The SMILES string of the molecule is Cl.Cl.NC[C@H]1CCC[C@H]1C(=O)NCc1ccnc(N2CCCC2)c1. The van der Waals surface area contributed by atoms with Crippen molar-refractivity contribution in [1.82, 2.24) is 10.3 Å². The van der Waals surface area contributed by atoms with E-state index < -0.39 is 0 Å². The van der Waals surface area contributed by atoms with Crippen molar-refractivity contribution in [3.05, 3.63) is 23.9 Å². The molecule has 2 atom stereocenters. The molecular weight excluding hydrogens is 347 g/mol. The highest BCUT2D eigenvalue weighted by Crippen LogP contribution is 2.31. The second-order valence-electron chi connectivity index (χ2n) is 6.47. The van der Waals surface area contributed by atoms with E-state index in [1.54, 1.807) is 0 Å². The maximum Gasteiger partial charge on any atom is 0.223 e. The quantitative estimate of drug-likeness (QED) is 0.830. The maximum absolute atomic E-state index is 12.3. The number of amides is 1. The molecule has 136 valence electrons. The summed E-state index contributed by atoms with van der Waals surface area (Å²) >= 11 is 0. The zero-order chi connectivity index (χ0) is 15.4.